The number of benzene rings is 1. The second kappa shape index (κ2) is 7.58. The molecule has 0 unspecified atom stereocenters. The predicted molar refractivity (Wildman–Crippen MR) is 83.6 cm³/mol. The molecule has 1 aromatic rings. The van der Waals surface area contributed by atoms with E-state index in [4.69, 9.17) is 0 Å². The van der Waals surface area contributed by atoms with Crippen molar-refractivity contribution in [1.82, 2.24) is 10.2 Å². The summed E-state index contributed by atoms with van der Waals surface area (Å²) in [4.78, 5) is 2.38. The van der Waals surface area contributed by atoms with Crippen molar-refractivity contribution in [2.75, 3.05) is 26.2 Å². The highest BCUT2D eigenvalue weighted by atomic mass is 79.9. The summed E-state index contributed by atoms with van der Waals surface area (Å²) in [6.07, 6.45) is 0.937. The molecule has 0 amide bonds. The number of rotatable bonds is 3. The van der Waals surface area contributed by atoms with Crippen LogP contribution in [0, 0.1) is 12.7 Å². The van der Waals surface area contributed by atoms with Crippen molar-refractivity contribution in [1.29, 1.82) is 0 Å². The zero-order valence-electron chi connectivity index (χ0n) is 11.4. The maximum atomic E-state index is 14.3. The molecule has 2 rings (SSSR count). The van der Waals surface area contributed by atoms with Crippen LogP contribution in [-0.2, 0) is 0 Å². The molecule has 1 aliphatic heterocycles. The summed E-state index contributed by atoms with van der Waals surface area (Å²) < 4.78 is 15.3. The molecule has 0 saturated carbocycles. The highest BCUT2D eigenvalue weighted by Gasteiger charge is 2.24. The summed E-state index contributed by atoms with van der Waals surface area (Å²) in [5, 5.41) is 3.34. The van der Waals surface area contributed by atoms with Crippen molar-refractivity contribution in [3.8, 4) is 0 Å². The van der Waals surface area contributed by atoms with E-state index in [1.807, 2.05) is 19.1 Å². The summed E-state index contributed by atoms with van der Waals surface area (Å²) in [7, 11) is 0. The van der Waals surface area contributed by atoms with Gasteiger partial charge in [0.05, 0.1) is 0 Å². The Morgan fingerprint density at radius 2 is 2.00 bits per heavy atom. The lowest BCUT2D eigenvalue weighted by Crippen LogP contribution is -2.45. The average molecular weight is 352 g/mol. The molecule has 1 saturated heterocycles. The number of hydrogen-bond acceptors (Lipinski definition) is 2. The third-order valence-electron chi connectivity index (χ3n) is 3.59. The van der Waals surface area contributed by atoms with Crippen LogP contribution in [0.3, 0.4) is 0 Å². The van der Waals surface area contributed by atoms with E-state index in [-0.39, 0.29) is 24.3 Å². The molecule has 1 atom stereocenters. The van der Waals surface area contributed by atoms with Crippen molar-refractivity contribution in [3.63, 3.8) is 0 Å². The normalized spacial score (nSPS) is 17.9. The molecule has 1 fully saturated rings. The summed E-state index contributed by atoms with van der Waals surface area (Å²) >= 11 is 3.47. The second-order valence-electron chi connectivity index (χ2n) is 4.84. The van der Waals surface area contributed by atoms with Crippen LogP contribution in [0.4, 0.5) is 4.39 Å². The van der Waals surface area contributed by atoms with E-state index in [0.29, 0.717) is 5.56 Å². The Labute approximate surface area is 129 Å². The van der Waals surface area contributed by atoms with Gasteiger partial charge in [0.2, 0.25) is 0 Å². The van der Waals surface area contributed by atoms with Crippen molar-refractivity contribution < 1.29 is 4.39 Å². The molecule has 1 N–H and O–H groups in total. The van der Waals surface area contributed by atoms with Crippen LogP contribution in [0.2, 0.25) is 0 Å². The van der Waals surface area contributed by atoms with Gasteiger partial charge in [-0.25, -0.2) is 4.39 Å². The number of hydrogen-bond donors (Lipinski definition) is 1. The van der Waals surface area contributed by atoms with E-state index in [0.717, 1.165) is 42.6 Å². The molecule has 2 nitrogen and oxygen atoms in total. The van der Waals surface area contributed by atoms with Gasteiger partial charge >= 0.3 is 0 Å². The Kier molecular flexibility index (Phi) is 6.74. The first kappa shape index (κ1) is 16.9. The van der Waals surface area contributed by atoms with Crippen LogP contribution in [0.25, 0.3) is 0 Å². The summed E-state index contributed by atoms with van der Waals surface area (Å²) in [5.74, 6) is -0.0522. The number of piperazine rings is 1. The molecule has 0 radical (unpaired) electrons. The van der Waals surface area contributed by atoms with Crippen LogP contribution >= 0.6 is 28.3 Å². The van der Waals surface area contributed by atoms with E-state index in [9.17, 15) is 4.39 Å². The molecule has 5 heteroatoms. The van der Waals surface area contributed by atoms with Crippen molar-refractivity contribution >= 4 is 28.3 Å². The first-order valence-electron chi connectivity index (χ1n) is 6.53. The van der Waals surface area contributed by atoms with Gasteiger partial charge in [-0.05, 0) is 31.0 Å². The van der Waals surface area contributed by atoms with Gasteiger partial charge < -0.3 is 5.32 Å². The quantitative estimate of drug-likeness (QED) is 0.894. The Hall–Kier alpha value is -0.160. The Bertz CT molecular complexity index is 422. The zero-order valence-corrected chi connectivity index (χ0v) is 13.8. The van der Waals surface area contributed by atoms with Crippen LogP contribution in [0.15, 0.2) is 16.6 Å². The smallest absolute Gasteiger partial charge is 0.130 e. The van der Waals surface area contributed by atoms with Crippen LogP contribution in [0.1, 0.15) is 30.5 Å². The fourth-order valence-electron chi connectivity index (χ4n) is 2.66. The molecule has 0 bridgehead atoms. The van der Waals surface area contributed by atoms with E-state index in [1.54, 1.807) is 0 Å². The number of halogens is 3. The van der Waals surface area contributed by atoms with Gasteiger partial charge in [0, 0.05) is 42.3 Å². The van der Waals surface area contributed by atoms with E-state index < -0.39 is 0 Å². The van der Waals surface area contributed by atoms with Crippen LogP contribution in [0.5, 0.6) is 0 Å². The van der Waals surface area contributed by atoms with E-state index in [1.165, 1.54) is 0 Å². The van der Waals surface area contributed by atoms with E-state index >= 15 is 0 Å². The Balaban J connectivity index is 0.00000180. The Morgan fingerprint density at radius 3 is 2.58 bits per heavy atom. The lowest BCUT2D eigenvalue weighted by atomic mass is 9.99. The fourth-order valence-corrected chi connectivity index (χ4v) is 3.25. The Morgan fingerprint density at radius 1 is 1.37 bits per heavy atom. The second-order valence-corrected chi connectivity index (χ2v) is 5.75. The minimum atomic E-state index is -0.0522. The molecule has 19 heavy (non-hydrogen) atoms. The summed E-state index contributed by atoms with van der Waals surface area (Å²) in [6, 6.07) is 3.95. The molecule has 0 aliphatic carbocycles. The average Bonchev–Trinajstić information content (AvgIpc) is 2.37. The van der Waals surface area contributed by atoms with E-state index in [2.05, 4.69) is 33.1 Å². The zero-order chi connectivity index (χ0) is 13.1. The van der Waals surface area contributed by atoms with Crippen LogP contribution < -0.4 is 5.32 Å². The molecule has 1 aromatic carbocycles. The lowest BCUT2D eigenvalue weighted by molar-refractivity contribution is 0.166. The predicted octanol–water partition coefficient (Wildman–Crippen LogP) is 3.67. The van der Waals surface area contributed by atoms with Gasteiger partial charge in [-0.2, -0.15) is 0 Å². The topological polar surface area (TPSA) is 15.3 Å². The van der Waals surface area contributed by atoms with Crippen molar-refractivity contribution in [2.24, 2.45) is 0 Å². The largest absolute Gasteiger partial charge is 0.314 e. The van der Waals surface area contributed by atoms with Gasteiger partial charge in [-0.15, -0.1) is 12.4 Å². The lowest BCUT2D eigenvalue weighted by Gasteiger charge is -2.35. The maximum Gasteiger partial charge on any atom is 0.130 e. The minimum Gasteiger partial charge on any atom is -0.314 e. The van der Waals surface area contributed by atoms with Gasteiger partial charge in [-0.1, -0.05) is 22.9 Å². The molecular weight excluding hydrogens is 331 g/mol. The molecule has 1 heterocycles. The summed E-state index contributed by atoms with van der Waals surface area (Å²) in [6.45, 7) is 7.92. The number of nitrogens with one attached hydrogen (secondary N) is 1. The fraction of sp³-hybridized carbons (Fsp3) is 0.571. The number of nitrogens with zero attached hydrogens (tertiary/aromatic N) is 1. The highest BCUT2D eigenvalue weighted by molar-refractivity contribution is 9.10. The molecule has 108 valence electrons. The highest BCUT2D eigenvalue weighted by Crippen LogP contribution is 2.30. The standard InChI is InChI=1S/C14H20BrFN2.ClH/c1-3-13(18-6-4-17-5-7-18)12-9-11(15)8-10(2)14(12)16;/h8-9,13,17H,3-7H2,1-2H3;1H/t13-;/m1./s1. The molecular formula is C14H21BrClFN2. The summed E-state index contributed by atoms with van der Waals surface area (Å²) in [5.41, 5.74) is 1.54. The van der Waals surface area contributed by atoms with Gasteiger partial charge in [-0.3, -0.25) is 4.90 Å². The molecule has 0 aromatic heterocycles. The van der Waals surface area contributed by atoms with Gasteiger partial charge in [0.25, 0.3) is 0 Å². The monoisotopic (exact) mass is 350 g/mol. The molecule has 0 spiro atoms. The van der Waals surface area contributed by atoms with Crippen LogP contribution in [-0.4, -0.2) is 31.1 Å². The number of aryl methyl sites for hydroxylation is 1. The molecule has 1 aliphatic rings. The first-order valence-corrected chi connectivity index (χ1v) is 7.33. The van der Waals surface area contributed by atoms with Crippen molar-refractivity contribution in [2.45, 2.75) is 26.3 Å². The third kappa shape index (κ3) is 3.91. The van der Waals surface area contributed by atoms with Gasteiger partial charge in [0.1, 0.15) is 5.82 Å². The maximum absolute atomic E-state index is 14.3. The third-order valence-corrected chi connectivity index (χ3v) is 4.04. The van der Waals surface area contributed by atoms with Gasteiger partial charge in [0.15, 0.2) is 0 Å². The first-order chi connectivity index (χ1) is 8.63. The minimum absolute atomic E-state index is 0. The SMILES string of the molecule is CC[C@H](c1cc(Br)cc(C)c1F)N1CCNCC1.Cl. The van der Waals surface area contributed by atoms with Crippen molar-refractivity contribution in [3.05, 3.63) is 33.5 Å².